The van der Waals surface area contributed by atoms with Crippen LogP contribution in [0.3, 0.4) is 0 Å². The predicted octanol–water partition coefficient (Wildman–Crippen LogP) is 2.80. The third-order valence-electron chi connectivity index (χ3n) is 3.81. The molecule has 1 unspecified atom stereocenters. The summed E-state index contributed by atoms with van der Waals surface area (Å²) in [7, 11) is 1.81. The summed E-state index contributed by atoms with van der Waals surface area (Å²) in [5, 5.41) is 3.52. The number of hydrogen-bond donors (Lipinski definition) is 1. The maximum atomic E-state index is 5.41. The normalized spacial score (nSPS) is 20.5. The minimum absolute atomic E-state index is 0.170. The maximum absolute atomic E-state index is 5.41. The highest BCUT2D eigenvalue weighted by Crippen LogP contribution is 2.16. The van der Waals surface area contributed by atoms with E-state index in [1.807, 2.05) is 7.11 Å². The van der Waals surface area contributed by atoms with Gasteiger partial charge in [-0.1, -0.05) is 24.3 Å². The van der Waals surface area contributed by atoms with Gasteiger partial charge in [0.05, 0.1) is 6.10 Å². The largest absolute Gasteiger partial charge is 0.380 e. The predicted molar refractivity (Wildman–Crippen MR) is 83.7 cm³/mol. The van der Waals surface area contributed by atoms with Crippen molar-refractivity contribution in [2.24, 2.45) is 0 Å². The Morgan fingerprint density at radius 2 is 1.85 bits per heavy atom. The van der Waals surface area contributed by atoms with Gasteiger partial charge in [-0.25, -0.2) is 0 Å². The van der Waals surface area contributed by atoms with Crippen LogP contribution in [0.25, 0.3) is 0 Å². The van der Waals surface area contributed by atoms with Gasteiger partial charge in [-0.2, -0.15) is 0 Å². The van der Waals surface area contributed by atoms with Crippen LogP contribution in [-0.4, -0.2) is 36.7 Å². The van der Waals surface area contributed by atoms with Crippen LogP contribution in [-0.2, 0) is 17.8 Å². The van der Waals surface area contributed by atoms with E-state index in [-0.39, 0.29) is 5.54 Å². The van der Waals surface area contributed by atoms with E-state index in [9.17, 15) is 0 Å². The van der Waals surface area contributed by atoms with E-state index in [0.717, 1.165) is 32.6 Å². The molecule has 112 valence electrons. The second-order valence-electron chi connectivity index (χ2n) is 6.80. The molecule has 1 aromatic carbocycles. The first-order chi connectivity index (χ1) is 9.46. The van der Waals surface area contributed by atoms with Crippen LogP contribution in [0.1, 0.15) is 38.3 Å². The summed E-state index contributed by atoms with van der Waals surface area (Å²) in [6.45, 7) is 10.8. The molecule has 3 heteroatoms. The maximum Gasteiger partial charge on any atom is 0.0710 e. The van der Waals surface area contributed by atoms with Crippen molar-refractivity contribution in [3.05, 3.63) is 35.4 Å². The van der Waals surface area contributed by atoms with E-state index >= 15 is 0 Å². The van der Waals surface area contributed by atoms with Crippen molar-refractivity contribution in [1.82, 2.24) is 10.2 Å². The molecule has 1 aromatic rings. The second kappa shape index (κ2) is 6.70. The number of methoxy groups -OCH3 is 1. The van der Waals surface area contributed by atoms with Crippen molar-refractivity contribution in [1.29, 1.82) is 0 Å². The fourth-order valence-electron chi connectivity index (χ4n) is 2.52. The first-order valence-electron chi connectivity index (χ1n) is 7.54. The molecule has 0 radical (unpaired) electrons. The van der Waals surface area contributed by atoms with Crippen LogP contribution in [0.4, 0.5) is 0 Å². The lowest BCUT2D eigenvalue weighted by Gasteiger charge is -2.21. The molecule has 1 saturated heterocycles. The highest BCUT2D eigenvalue weighted by atomic mass is 16.5. The lowest BCUT2D eigenvalue weighted by Crippen LogP contribution is -2.35. The highest BCUT2D eigenvalue weighted by Gasteiger charge is 2.21. The molecule has 0 bridgehead atoms. The van der Waals surface area contributed by atoms with Crippen molar-refractivity contribution < 1.29 is 4.74 Å². The van der Waals surface area contributed by atoms with Crippen molar-refractivity contribution in [3.8, 4) is 0 Å². The zero-order valence-corrected chi connectivity index (χ0v) is 13.3. The standard InChI is InChI=1S/C17H28N2O/c1-17(2,3)18-11-14-5-7-15(8-6-14)12-19-10-9-16(13-19)20-4/h5-8,16,18H,9-13H2,1-4H3. The SMILES string of the molecule is COC1CCN(Cc2ccc(CNC(C)(C)C)cc2)C1. The van der Waals surface area contributed by atoms with Gasteiger partial charge in [0.1, 0.15) is 0 Å². The molecule has 1 fully saturated rings. The Morgan fingerprint density at radius 1 is 1.20 bits per heavy atom. The molecule has 3 nitrogen and oxygen atoms in total. The minimum Gasteiger partial charge on any atom is -0.380 e. The molecular weight excluding hydrogens is 248 g/mol. The lowest BCUT2D eigenvalue weighted by molar-refractivity contribution is 0.107. The molecule has 1 atom stereocenters. The summed E-state index contributed by atoms with van der Waals surface area (Å²) in [5.41, 5.74) is 2.91. The van der Waals surface area contributed by atoms with E-state index in [1.54, 1.807) is 0 Å². The third kappa shape index (κ3) is 4.89. The Balaban J connectivity index is 1.83. The van der Waals surface area contributed by atoms with Crippen LogP contribution >= 0.6 is 0 Å². The van der Waals surface area contributed by atoms with E-state index in [4.69, 9.17) is 4.74 Å². The van der Waals surface area contributed by atoms with E-state index in [1.165, 1.54) is 11.1 Å². The molecule has 0 aromatic heterocycles. The van der Waals surface area contributed by atoms with Crippen molar-refractivity contribution in [3.63, 3.8) is 0 Å². The zero-order chi connectivity index (χ0) is 14.6. The van der Waals surface area contributed by atoms with Gasteiger partial charge in [0.25, 0.3) is 0 Å². The van der Waals surface area contributed by atoms with E-state index < -0.39 is 0 Å². The smallest absolute Gasteiger partial charge is 0.0710 e. The topological polar surface area (TPSA) is 24.5 Å². The minimum atomic E-state index is 0.170. The molecule has 0 saturated carbocycles. The molecule has 2 rings (SSSR count). The first-order valence-corrected chi connectivity index (χ1v) is 7.54. The monoisotopic (exact) mass is 276 g/mol. The van der Waals surface area contributed by atoms with E-state index in [2.05, 4.69) is 55.3 Å². The zero-order valence-electron chi connectivity index (χ0n) is 13.3. The van der Waals surface area contributed by atoms with Gasteiger partial charge in [-0.05, 0) is 38.3 Å². The van der Waals surface area contributed by atoms with Gasteiger partial charge >= 0.3 is 0 Å². The van der Waals surface area contributed by atoms with Gasteiger partial charge in [0.2, 0.25) is 0 Å². The summed E-state index contributed by atoms with van der Waals surface area (Å²) in [5.74, 6) is 0. The number of nitrogens with zero attached hydrogens (tertiary/aromatic N) is 1. The average Bonchev–Trinajstić information content (AvgIpc) is 2.85. The molecule has 20 heavy (non-hydrogen) atoms. The van der Waals surface area contributed by atoms with Crippen molar-refractivity contribution in [2.75, 3.05) is 20.2 Å². The molecule has 1 aliphatic rings. The summed E-state index contributed by atoms with van der Waals surface area (Å²) < 4.78 is 5.41. The van der Waals surface area contributed by atoms with Gasteiger partial charge in [-0.3, -0.25) is 4.90 Å². The third-order valence-corrected chi connectivity index (χ3v) is 3.81. The first kappa shape index (κ1) is 15.5. The van der Waals surface area contributed by atoms with Crippen LogP contribution < -0.4 is 5.32 Å². The molecule has 0 amide bonds. The molecule has 0 aliphatic carbocycles. The second-order valence-corrected chi connectivity index (χ2v) is 6.80. The lowest BCUT2D eigenvalue weighted by atomic mass is 10.1. The Kier molecular flexibility index (Phi) is 5.19. The van der Waals surface area contributed by atoms with E-state index in [0.29, 0.717) is 6.10 Å². The summed E-state index contributed by atoms with van der Waals surface area (Å²) in [4.78, 5) is 2.47. The Hall–Kier alpha value is -0.900. The van der Waals surface area contributed by atoms with Gasteiger partial charge in [0.15, 0.2) is 0 Å². The quantitative estimate of drug-likeness (QED) is 0.895. The number of nitrogens with one attached hydrogen (secondary N) is 1. The number of rotatable bonds is 5. The summed E-state index contributed by atoms with van der Waals surface area (Å²) in [6, 6.07) is 8.97. The molecule has 0 spiro atoms. The van der Waals surface area contributed by atoms with Gasteiger partial charge in [0, 0.05) is 38.8 Å². The number of benzene rings is 1. The van der Waals surface area contributed by atoms with Crippen LogP contribution in [0.15, 0.2) is 24.3 Å². The summed E-state index contributed by atoms with van der Waals surface area (Å²) >= 11 is 0. The van der Waals surface area contributed by atoms with Crippen LogP contribution in [0.5, 0.6) is 0 Å². The average molecular weight is 276 g/mol. The van der Waals surface area contributed by atoms with Crippen molar-refractivity contribution >= 4 is 0 Å². The Labute approximate surface area is 123 Å². The molecule has 1 N–H and O–H groups in total. The number of ether oxygens (including phenoxy) is 1. The number of hydrogen-bond acceptors (Lipinski definition) is 3. The molecule has 1 heterocycles. The van der Waals surface area contributed by atoms with Gasteiger partial charge < -0.3 is 10.1 Å². The van der Waals surface area contributed by atoms with Gasteiger partial charge in [-0.15, -0.1) is 0 Å². The molecule has 1 aliphatic heterocycles. The highest BCUT2D eigenvalue weighted by molar-refractivity contribution is 5.22. The fourth-order valence-corrected chi connectivity index (χ4v) is 2.52. The Bertz CT molecular complexity index is 408. The molecular formula is C17H28N2O. The van der Waals surface area contributed by atoms with Crippen molar-refractivity contribution in [2.45, 2.75) is 51.9 Å². The Morgan fingerprint density at radius 3 is 2.40 bits per heavy atom. The van der Waals surface area contributed by atoms with Crippen LogP contribution in [0.2, 0.25) is 0 Å². The van der Waals surface area contributed by atoms with Crippen LogP contribution in [0, 0.1) is 0 Å². The summed E-state index contributed by atoms with van der Waals surface area (Å²) in [6.07, 6.45) is 1.58. The fraction of sp³-hybridized carbons (Fsp3) is 0.647. The number of likely N-dealkylation sites (tertiary alicyclic amines) is 1.